The Balaban J connectivity index is 1.22. The third-order valence-electron chi connectivity index (χ3n) is 8.56. The molecule has 2 N–H and O–H groups in total. The van der Waals surface area contributed by atoms with Crippen molar-refractivity contribution in [3.8, 4) is 0 Å². The van der Waals surface area contributed by atoms with Gasteiger partial charge < -0.3 is 15.4 Å². The van der Waals surface area contributed by atoms with Crippen LogP contribution >= 0.6 is 0 Å². The second-order valence-electron chi connectivity index (χ2n) is 11.4. The van der Waals surface area contributed by atoms with Crippen LogP contribution in [0.25, 0.3) is 0 Å². The van der Waals surface area contributed by atoms with Gasteiger partial charge in [0, 0.05) is 18.7 Å². The largest absolute Gasteiger partial charge is 0.376 e. The third kappa shape index (κ3) is 4.33. The van der Waals surface area contributed by atoms with E-state index >= 15 is 0 Å². The lowest BCUT2D eigenvalue weighted by molar-refractivity contribution is -0.124. The Morgan fingerprint density at radius 1 is 1.03 bits per heavy atom. The fourth-order valence-corrected chi connectivity index (χ4v) is 7.33. The van der Waals surface area contributed by atoms with Gasteiger partial charge in [-0.2, -0.15) is 0 Å². The van der Waals surface area contributed by atoms with Crippen molar-refractivity contribution in [2.45, 2.75) is 82.8 Å². The summed E-state index contributed by atoms with van der Waals surface area (Å²) in [5.74, 6) is 2.43. The zero-order chi connectivity index (χ0) is 22.3. The molecule has 5 fully saturated rings. The van der Waals surface area contributed by atoms with Gasteiger partial charge >= 0.3 is 0 Å². The molecule has 1 heterocycles. The predicted octanol–water partition coefficient (Wildman–Crippen LogP) is 4.20. The third-order valence-corrected chi connectivity index (χ3v) is 8.56. The number of hydrogen-bond donors (Lipinski definition) is 2. The maximum Gasteiger partial charge on any atom is 0.251 e. The number of ether oxygens (including phenoxy) is 1. The molecule has 0 radical (unpaired) electrons. The molecule has 1 aromatic carbocycles. The summed E-state index contributed by atoms with van der Waals surface area (Å²) in [4.78, 5) is 25.7. The molecular weight excluding hydrogens is 400 g/mol. The zero-order valence-corrected chi connectivity index (χ0v) is 19.6. The van der Waals surface area contributed by atoms with Crippen molar-refractivity contribution < 1.29 is 14.3 Å². The van der Waals surface area contributed by atoms with Crippen LogP contribution in [-0.2, 0) is 14.9 Å². The fourth-order valence-electron chi connectivity index (χ4n) is 7.33. The lowest BCUT2D eigenvalue weighted by atomic mass is 9.48. The molecule has 0 aromatic heterocycles. The Morgan fingerprint density at radius 2 is 1.66 bits per heavy atom. The molecule has 6 rings (SSSR count). The zero-order valence-electron chi connectivity index (χ0n) is 19.6. The van der Waals surface area contributed by atoms with Crippen molar-refractivity contribution in [2.24, 2.45) is 23.7 Å². The lowest BCUT2D eigenvalue weighted by Crippen LogP contribution is -2.51. The van der Waals surface area contributed by atoms with E-state index in [4.69, 9.17) is 4.74 Å². The Morgan fingerprint density at radius 3 is 2.19 bits per heavy atom. The molecule has 1 saturated heterocycles. The second-order valence-corrected chi connectivity index (χ2v) is 11.4. The smallest absolute Gasteiger partial charge is 0.251 e. The molecule has 5 nitrogen and oxygen atoms in total. The van der Waals surface area contributed by atoms with Gasteiger partial charge in [0.1, 0.15) is 6.04 Å². The van der Waals surface area contributed by atoms with Gasteiger partial charge in [0.2, 0.25) is 5.91 Å². The topological polar surface area (TPSA) is 67.4 Å². The van der Waals surface area contributed by atoms with E-state index in [2.05, 4.69) is 22.8 Å². The molecule has 5 heteroatoms. The summed E-state index contributed by atoms with van der Waals surface area (Å²) in [7, 11) is 0. The van der Waals surface area contributed by atoms with Crippen molar-refractivity contribution in [1.82, 2.24) is 10.6 Å². The number of rotatable bonds is 7. The Kier molecular flexibility index (Phi) is 6.04. The lowest BCUT2D eigenvalue weighted by Gasteiger charge is -2.57. The minimum Gasteiger partial charge on any atom is -0.376 e. The highest BCUT2D eigenvalue weighted by atomic mass is 16.5. The van der Waals surface area contributed by atoms with Crippen molar-refractivity contribution in [3.05, 3.63) is 35.4 Å². The van der Waals surface area contributed by atoms with E-state index in [0.29, 0.717) is 17.5 Å². The summed E-state index contributed by atoms with van der Waals surface area (Å²) in [6, 6.07) is 7.75. The normalized spacial score (nSPS) is 34.0. The van der Waals surface area contributed by atoms with Gasteiger partial charge in [-0.3, -0.25) is 9.59 Å². The second kappa shape index (κ2) is 8.81. The SMILES string of the molecule is CC(C)C(NC(=O)c1ccc(C23CC4CC(CC(C4)C2)C3)cc1)C(=O)NCC1CCCO1. The Hall–Kier alpha value is -1.88. The number of carbonyl (C=O) groups excluding carboxylic acids is 2. The maximum atomic E-state index is 13.0. The highest BCUT2D eigenvalue weighted by molar-refractivity contribution is 5.97. The number of nitrogens with one attached hydrogen (secondary N) is 2. The van der Waals surface area contributed by atoms with Crippen LogP contribution in [0.2, 0.25) is 0 Å². The van der Waals surface area contributed by atoms with Crippen LogP contribution in [-0.4, -0.2) is 37.1 Å². The van der Waals surface area contributed by atoms with Crippen LogP contribution in [0, 0.1) is 23.7 Å². The average molecular weight is 439 g/mol. The molecule has 4 bridgehead atoms. The molecule has 2 unspecified atom stereocenters. The molecule has 1 aliphatic heterocycles. The first-order chi connectivity index (χ1) is 15.4. The molecule has 0 spiro atoms. The quantitative estimate of drug-likeness (QED) is 0.670. The monoisotopic (exact) mass is 438 g/mol. The molecule has 2 atom stereocenters. The molecule has 32 heavy (non-hydrogen) atoms. The number of amides is 2. The molecule has 1 aromatic rings. The summed E-state index contributed by atoms with van der Waals surface area (Å²) in [5, 5.41) is 5.94. The van der Waals surface area contributed by atoms with Gasteiger partial charge in [0.25, 0.3) is 5.91 Å². The first-order valence-corrected chi connectivity index (χ1v) is 12.7. The number of hydrogen-bond acceptors (Lipinski definition) is 3. The van der Waals surface area contributed by atoms with Crippen molar-refractivity contribution in [3.63, 3.8) is 0 Å². The van der Waals surface area contributed by atoms with Crippen LogP contribution in [0.15, 0.2) is 24.3 Å². The van der Waals surface area contributed by atoms with Gasteiger partial charge in [-0.25, -0.2) is 0 Å². The first kappa shape index (κ1) is 21.9. The highest BCUT2D eigenvalue weighted by Crippen LogP contribution is 2.60. The Bertz CT molecular complexity index is 806. The van der Waals surface area contributed by atoms with Crippen LogP contribution in [0.5, 0.6) is 0 Å². The van der Waals surface area contributed by atoms with Crippen LogP contribution in [0.1, 0.15) is 81.1 Å². The molecule has 174 valence electrons. The van der Waals surface area contributed by atoms with Crippen molar-refractivity contribution >= 4 is 11.8 Å². The minimum absolute atomic E-state index is 0.00902. The van der Waals surface area contributed by atoms with Gasteiger partial charge in [-0.15, -0.1) is 0 Å². The van der Waals surface area contributed by atoms with E-state index in [9.17, 15) is 9.59 Å². The van der Waals surface area contributed by atoms with Gasteiger partial charge in [0.15, 0.2) is 0 Å². The molecule has 4 saturated carbocycles. The van der Waals surface area contributed by atoms with E-state index in [1.54, 1.807) is 0 Å². The van der Waals surface area contributed by atoms with Crippen molar-refractivity contribution in [1.29, 1.82) is 0 Å². The van der Waals surface area contributed by atoms with Crippen LogP contribution < -0.4 is 10.6 Å². The van der Waals surface area contributed by atoms with E-state index in [1.165, 1.54) is 44.1 Å². The Labute approximate surface area is 192 Å². The molecule has 4 aliphatic carbocycles. The summed E-state index contributed by atoms with van der Waals surface area (Å²) in [6.07, 6.45) is 10.4. The fraction of sp³-hybridized carbons (Fsp3) is 0.704. The number of benzene rings is 1. The first-order valence-electron chi connectivity index (χ1n) is 12.7. The van der Waals surface area contributed by atoms with E-state index < -0.39 is 6.04 Å². The highest BCUT2D eigenvalue weighted by Gasteiger charge is 2.51. The molecular formula is C27H38N2O3. The van der Waals surface area contributed by atoms with Crippen LogP contribution in [0.3, 0.4) is 0 Å². The summed E-state index contributed by atoms with van der Waals surface area (Å²) in [5.41, 5.74) is 2.39. The van der Waals surface area contributed by atoms with E-state index in [0.717, 1.165) is 37.2 Å². The van der Waals surface area contributed by atoms with E-state index in [-0.39, 0.29) is 23.8 Å². The molecule has 2 amide bonds. The standard InChI is InChI=1S/C27H38N2O3/c1-17(2)24(26(31)28-16-23-4-3-9-32-23)29-25(30)21-5-7-22(8-6-21)27-13-18-10-19(14-27)12-20(11-18)15-27/h5-8,17-20,23-24H,3-4,9-16H2,1-2H3,(H,28,31)(H,29,30). The van der Waals surface area contributed by atoms with Gasteiger partial charge in [-0.05, 0) is 98.1 Å². The average Bonchev–Trinajstić information content (AvgIpc) is 3.28. The molecule has 5 aliphatic rings. The summed E-state index contributed by atoms with van der Waals surface area (Å²) in [6.45, 7) is 5.21. The van der Waals surface area contributed by atoms with Gasteiger partial charge in [-0.1, -0.05) is 26.0 Å². The predicted molar refractivity (Wildman–Crippen MR) is 124 cm³/mol. The van der Waals surface area contributed by atoms with E-state index in [1.807, 2.05) is 26.0 Å². The minimum atomic E-state index is -0.549. The summed E-state index contributed by atoms with van der Waals surface area (Å²) < 4.78 is 5.59. The van der Waals surface area contributed by atoms with Gasteiger partial charge in [0.05, 0.1) is 6.10 Å². The number of carbonyl (C=O) groups is 2. The maximum absolute atomic E-state index is 13.0. The van der Waals surface area contributed by atoms with Crippen LogP contribution in [0.4, 0.5) is 0 Å². The summed E-state index contributed by atoms with van der Waals surface area (Å²) >= 11 is 0. The van der Waals surface area contributed by atoms with Crippen molar-refractivity contribution in [2.75, 3.05) is 13.2 Å².